The Kier molecular flexibility index (Phi) is 4.20. The van der Waals surface area contributed by atoms with Crippen molar-refractivity contribution in [1.82, 2.24) is 15.0 Å². The number of nitrogens with one attached hydrogen (secondary N) is 2. The summed E-state index contributed by atoms with van der Waals surface area (Å²) in [6, 6.07) is 7.48. The molecule has 6 heteroatoms. The summed E-state index contributed by atoms with van der Waals surface area (Å²) in [5.74, 6) is 0.0870. The van der Waals surface area contributed by atoms with Gasteiger partial charge in [0.25, 0.3) is 5.56 Å². The van der Waals surface area contributed by atoms with Crippen molar-refractivity contribution in [3.8, 4) is 5.88 Å². The normalized spacial score (nSPS) is 11.2. The number of ether oxygens (including phenoxy) is 1. The van der Waals surface area contributed by atoms with Crippen LogP contribution in [0, 0.1) is 5.92 Å². The van der Waals surface area contributed by atoms with Gasteiger partial charge >= 0.3 is 0 Å². The number of benzene rings is 1. The highest BCUT2D eigenvalue weighted by molar-refractivity contribution is 6.16. The average molecular weight is 325 g/mol. The van der Waals surface area contributed by atoms with Crippen LogP contribution in [0.2, 0.25) is 0 Å². The highest BCUT2D eigenvalue weighted by atomic mass is 16.5. The van der Waals surface area contributed by atoms with Crippen LogP contribution in [-0.2, 0) is 6.42 Å². The molecule has 3 aromatic rings. The van der Waals surface area contributed by atoms with Crippen LogP contribution in [0.15, 0.2) is 35.3 Å². The van der Waals surface area contributed by atoms with Crippen molar-refractivity contribution in [1.29, 1.82) is 0 Å². The van der Waals surface area contributed by atoms with Gasteiger partial charge in [-0.3, -0.25) is 9.59 Å². The van der Waals surface area contributed by atoms with Gasteiger partial charge in [0.1, 0.15) is 5.69 Å². The zero-order valence-corrected chi connectivity index (χ0v) is 13.8. The molecule has 0 unspecified atom stereocenters. The first-order valence-electron chi connectivity index (χ1n) is 7.79. The maximum absolute atomic E-state index is 12.9. The minimum absolute atomic E-state index is 0.0692. The summed E-state index contributed by atoms with van der Waals surface area (Å²) in [6.45, 7) is 4.00. The molecular weight excluding hydrogens is 306 g/mol. The van der Waals surface area contributed by atoms with Gasteiger partial charge in [0, 0.05) is 22.7 Å². The van der Waals surface area contributed by atoms with Crippen LogP contribution in [0.4, 0.5) is 0 Å². The van der Waals surface area contributed by atoms with Gasteiger partial charge in [-0.05, 0) is 18.4 Å². The number of hydrogen-bond donors (Lipinski definition) is 2. The molecule has 6 nitrogen and oxygen atoms in total. The third-order valence-electron chi connectivity index (χ3n) is 3.81. The Morgan fingerprint density at radius 3 is 2.75 bits per heavy atom. The lowest BCUT2D eigenvalue weighted by Gasteiger charge is -2.09. The Balaban J connectivity index is 2.10. The van der Waals surface area contributed by atoms with Crippen LogP contribution in [0.5, 0.6) is 5.88 Å². The average Bonchev–Trinajstić information content (AvgIpc) is 2.99. The summed E-state index contributed by atoms with van der Waals surface area (Å²) in [5.41, 5.74) is 1.41. The number of nitrogens with zero attached hydrogens (tertiary/aromatic N) is 1. The summed E-state index contributed by atoms with van der Waals surface area (Å²) in [6.07, 6.45) is 2.15. The van der Waals surface area contributed by atoms with E-state index in [9.17, 15) is 9.59 Å². The molecule has 0 fully saturated rings. The maximum Gasteiger partial charge on any atom is 0.270 e. The second-order valence-corrected chi connectivity index (χ2v) is 6.07. The van der Waals surface area contributed by atoms with E-state index in [1.807, 2.05) is 38.1 Å². The van der Waals surface area contributed by atoms with Crippen LogP contribution >= 0.6 is 0 Å². The predicted molar refractivity (Wildman–Crippen MR) is 91.7 cm³/mol. The number of ketones is 1. The summed E-state index contributed by atoms with van der Waals surface area (Å²) < 4.78 is 5.24. The van der Waals surface area contributed by atoms with Crippen molar-refractivity contribution in [3.05, 3.63) is 57.8 Å². The van der Waals surface area contributed by atoms with Crippen molar-refractivity contribution >= 4 is 16.7 Å². The lowest BCUT2D eigenvalue weighted by molar-refractivity contribution is 0.103. The van der Waals surface area contributed by atoms with Crippen LogP contribution < -0.4 is 10.3 Å². The van der Waals surface area contributed by atoms with Gasteiger partial charge in [0.05, 0.1) is 7.11 Å². The molecule has 0 aliphatic carbocycles. The molecule has 2 aromatic heterocycles. The predicted octanol–water partition coefficient (Wildman–Crippen LogP) is 2.69. The van der Waals surface area contributed by atoms with Gasteiger partial charge in [-0.25, -0.2) is 4.98 Å². The Morgan fingerprint density at radius 2 is 2.04 bits per heavy atom. The lowest BCUT2D eigenvalue weighted by Crippen LogP contribution is -2.22. The maximum atomic E-state index is 12.9. The van der Waals surface area contributed by atoms with E-state index in [2.05, 4.69) is 15.0 Å². The first-order valence-corrected chi connectivity index (χ1v) is 7.79. The number of H-pyrrole nitrogens is 2. The molecule has 0 aliphatic rings. The van der Waals surface area contributed by atoms with E-state index in [1.54, 1.807) is 6.20 Å². The van der Waals surface area contributed by atoms with Crippen LogP contribution in [0.3, 0.4) is 0 Å². The number of methoxy groups -OCH3 is 1. The number of hydrogen-bond acceptors (Lipinski definition) is 4. The Labute approximate surface area is 138 Å². The number of rotatable bonds is 5. The summed E-state index contributed by atoms with van der Waals surface area (Å²) in [7, 11) is 1.44. The molecule has 0 spiro atoms. The fourth-order valence-electron chi connectivity index (χ4n) is 2.69. The molecule has 3 rings (SSSR count). The number of para-hydroxylation sites is 1. The lowest BCUT2D eigenvalue weighted by atomic mass is 10.1. The molecule has 2 N–H and O–H groups in total. The SMILES string of the molecule is COc1nc(CC(C)C)c(=O)[nH]c1C(=O)c1c[nH]c2ccccc12. The smallest absolute Gasteiger partial charge is 0.270 e. The largest absolute Gasteiger partial charge is 0.479 e. The second-order valence-electron chi connectivity index (χ2n) is 6.07. The molecule has 24 heavy (non-hydrogen) atoms. The van der Waals surface area contributed by atoms with E-state index in [0.717, 1.165) is 10.9 Å². The van der Waals surface area contributed by atoms with Crippen molar-refractivity contribution in [2.75, 3.05) is 7.11 Å². The van der Waals surface area contributed by atoms with E-state index in [4.69, 9.17) is 4.74 Å². The van der Waals surface area contributed by atoms with Crippen molar-refractivity contribution in [2.24, 2.45) is 5.92 Å². The van der Waals surface area contributed by atoms with E-state index in [-0.39, 0.29) is 28.8 Å². The fourth-order valence-corrected chi connectivity index (χ4v) is 2.69. The van der Waals surface area contributed by atoms with Crippen molar-refractivity contribution in [2.45, 2.75) is 20.3 Å². The molecule has 2 heterocycles. The minimum Gasteiger partial charge on any atom is -0.479 e. The van der Waals surface area contributed by atoms with Crippen LogP contribution in [0.25, 0.3) is 10.9 Å². The molecule has 124 valence electrons. The number of carbonyl (C=O) groups is 1. The van der Waals surface area contributed by atoms with E-state index in [0.29, 0.717) is 17.7 Å². The molecule has 0 radical (unpaired) electrons. The minimum atomic E-state index is -0.354. The van der Waals surface area contributed by atoms with Gasteiger partial charge < -0.3 is 14.7 Å². The van der Waals surface area contributed by atoms with Gasteiger partial charge in [-0.1, -0.05) is 32.0 Å². The molecule has 0 saturated carbocycles. The Hall–Kier alpha value is -2.89. The first kappa shape index (κ1) is 16.0. The second kappa shape index (κ2) is 6.31. The van der Waals surface area contributed by atoms with Crippen molar-refractivity contribution < 1.29 is 9.53 Å². The fraction of sp³-hybridized carbons (Fsp3) is 0.278. The van der Waals surface area contributed by atoms with Gasteiger partial charge in [-0.15, -0.1) is 0 Å². The summed E-state index contributed by atoms with van der Waals surface area (Å²) in [4.78, 5) is 35.1. The third-order valence-corrected chi connectivity index (χ3v) is 3.81. The first-order chi connectivity index (χ1) is 11.5. The van der Waals surface area contributed by atoms with Crippen LogP contribution in [0.1, 0.15) is 35.6 Å². The number of aromatic nitrogens is 3. The molecule has 1 aromatic carbocycles. The molecule has 0 saturated heterocycles. The molecular formula is C18H19N3O3. The molecule has 0 atom stereocenters. The van der Waals surface area contributed by atoms with Gasteiger partial charge in [0.2, 0.25) is 11.7 Å². The number of aromatic amines is 2. The van der Waals surface area contributed by atoms with E-state index >= 15 is 0 Å². The summed E-state index contributed by atoms with van der Waals surface area (Å²) >= 11 is 0. The van der Waals surface area contributed by atoms with Gasteiger partial charge in [0.15, 0.2) is 5.69 Å². The van der Waals surface area contributed by atoms with E-state index < -0.39 is 0 Å². The highest BCUT2D eigenvalue weighted by Gasteiger charge is 2.22. The monoisotopic (exact) mass is 325 g/mol. The number of fused-ring (bicyclic) bond motifs is 1. The third kappa shape index (κ3) is 2.82. The zero-order chi connectivity index (χ0) is 17.3. The topological polar surface area (TPSA) is 87.8 Å². The number of carbonyl (C=O) groups excluding carboxylic acids is 1. The van der Waals surface area contributed by atoms with Crippen molar-refractivity contribution in [3.63, 3.8) is 0 Å². The molecule has 0 amide bonds. The highest BCUT2D eigenvalue weighted by Crippen LogP contribution is 2.23. The Morgan fingerprint density at radius 1 is 1.29 bits per heavy atom. The summed E-state index contributed by atoms with van der Waals surface area (Å²) in [5, 5.41) is 0.789. The standard InChI is InChI=1S/C18H19N3O3/c1-10(2)8-14-17(23)21-15(18(20-14)24-3)16(22)12-9-19-13-7-5-4-6-11(12)13/h4-7,9-10,19H,8H2,1-3H3,(H,21,23). The molecule has 0 aliphatic heterocycles. The molecule has 0 bridgehead atoms. The zero-order valence-electron chi connectivity index (χ0n) is 13.8. The van der Waals surface area contributed by atoms with Crippen LogP contribution in [-0.4, -0.2) is 27.8 Å². The Bertz CT molecular complexity index is 954. The van der Waals surface area contributed by atoms with E-state index in [1.165, 1.54) is 7.11 Å². The van der Waals surface area contributed by atoms with Gasteiger partial charge in [-0.2, -0.15) is 0 Å². The quantitative estimate of drug-likeness (QED) is 0.706.